The summed E-state index contributed by atoms with van der Waals surface area (Å²) < 4.78 is 6.07. The standard InChI is InChI=1S/C23H27N3O3/c1-2-25-22(28)23(16-26(13-14-29-23)21(27)20-7-8-20)15-17-3-5-18(6-4-17)19-9-11-24-12-10-19/h3-6,9-12,20H,2,7-8,13-16H2,1H3,(H,25,28)/t23-/m1/s1. The number of pyridine rings is 1. The van der Waals surface area contributed by atoms with Crippen molar-refractivity contribution in [2.75, 3.05) is 26.2 Å². The Hall–Kier alpha value is -2.73. The van der Waals surface area contributed by atoms with Gasteiger partial charge in [0.05, 0.1) is 13.2 Å². The lowest BCUT2D eigenvalue weighted by molar-refractivity contribution is -0.166. The van der Waals surface area contributed by atoms with Crippen LogP contribution in [-0.2, 0) is 20.7 Å². The summed E-state index contributed by atoms with van der Waals surface area (Å²) in [5.74, 6) is 0.154. The number of nitrogens with zero attached hydrogens (tertiary/aromatic N) is 2. The van der Waals surface area contributed by atoms with E-state index in [0.717, 1.165) is 29.5 Å². The van der Waals surface area contributed by atoms with Gasteiger partial charge in [-0.25, -0.2) is 0 Å². The van der Waals surface area contributed by atoms with Gasteiger partial charge in [-0.15, -0.1) is 0 Å². The molecule has 152 valence electrons. The highest BCUT2D eigenvalue weighted by molar-refractivity contribution is 5.88. The Balaban J connectivity index is 1.55. The number of hydrogen-bond acceptors (Lipinski definition) is 4. The van der Waals surface area contributed by atoms with E-state index in [0.29, 0.717) is 32.7 Å². The lowest BCUT2D eigenvalue weighted by Gasteiger charge is -2.41. The number of amides is 2. The highest BCUT2D eigenvalue weighted by atomic mass is 16.5. The molecule has 1 saturated heterocycles. The molecule has 29 heavy (non-hydrogen) atoms. The monoisotopic (exact) mass is 393 g/mol. The second-order valence-electron chi connectivity index (χ2n) is 7.85. The van der Waals surface area contributed by atoms with Gasteiger partial charge in [-0.1, -0.05) is 24.3 Å². The zero-order chi connectivity index (χ0) is 20.3. The lowest BCUT2D eigenvalue weighted by atomic mass is 9.90. The maximum absolute atomic E-state index is 13.0. The molecule has 6 heteroatoms. The van der Waals surface area contributed by atoms with E-state index in [9.17, 15) is 9.59 Å². The molecule has 0 radical (unpaired) electrons. The van der Waals surface area contributed by atoms with Gasteiger partial charge in [-0.2, -0.15) is 0 Å². The first-order chi connectivity index (χ1) is 14.1. The Bertz CT molecular complexity index is 865. The fourth-order valence-electron chi connectivity index (χ4n) is 3.90. The molecule has 6 nitrogen and oxygen atoms in total. The van der Waals surface area contributed by atoms with E-state index >= 15 is 0 Å². The molecule has 1 N–H and O–H groups in total. The van der Waals surface area contributed by atoms with Crippen molar-refractivity contribution in [3.05, 3.63) is 54.4 Å². The second kappa shape index (κ2) is 8.33. The van der Waals surface area contributed by atoms with Crippen molar-refractivity contribution in [3.63, 3.8) is 0 Å². The van der Waals surface area contributed by atoms with Crippen LogP contribution in [0.3, 0.4) is 0 Å². The van der Waals surface area contributed by atoms with Crippen molar-refractivity contribution in [2.45, 2.75) is 31.8 Å². The quantitative estimate of drug-likeness (QED) is 0.818. The highest BCUT2D eigenvalue weighted by Crippen LogP contribution is 2.33. The molecule has 2 heterocycles. The minimum Gasteiger partial charge on any atom is -0.361 e. The normalized spacial score (nSPS) is 21.6. The number of nitrogens with one attached hydrogen (secondary N) is 1. The van der Waals surface area contributed by atoms with Gasteiger partial charge in [-0.3, -0.25) is 14.6 Å². The van der Waals surface area contributed by atoms with Crippen LogP contribution in [0.2, 0.25) is 0 Å². The predicted molar refractivity (Wildman–Crippen MR) is 110 cm³/mol. The first kappa shape index (κ1) is 19.6. The van der Waals surface area contributed by atoms with Crippen LogP contribution in [0.1, 0.15) is 25.3 Å². The number of likely N-dealkylation sites (N-methyl/N-ethyl adjacent to an activating group) is 1. The summed E-state index contributed by atoms with van der Waals surface area (Å²) in [7, 11) is 0. The summed E-state index contributed by atoms with van der Waals surface area (Å²) in [5, 5.41) is 2.91. The highest BCUT2D eigenvalue weighted by Gasteiger charge is 2.46. The number of hydrogen-bond donors (Lipinski definition) is 1. The fourth-order valence-corrected chi connectivity index (χ4v) is 3.90. The summed E-state index contributed by atoms with van der Waals surface area (Å²) in [6.07, 6.45) is 5.90. The van der Waals surface area contributed by atoms with Crippen molar-refractivity contribution in [2.24, 2.45) is 5.92 Å². The maximum Gasteiger partial charge on any atom is 0.254 e. The van der Waals surface area contributed by atoms with E-state index < -0.39 is 5.60 Å². The molecule has 1 saturated carbocycles. The zero-order valence-corrected chi connectivity index (χ0v) is 16.8. The zero-order valence-electron chi connectivity index (χ0n) is 16.8. The number of carbonyl (C=O) groups excluding carboxylic acids is 2. The second-order valence-corrected chi connectivity index (χ2v) is 7.85. The number of rotatable bonds is 6. The minimum atomic E-state index is -1.04. The first-order valence-corrected chi connectivity index (χ1v) is 10.3. The Labute approximate surface area is 171 Å². The van der Waals surface area contributed by atoms with Crippen LogP contribution in [0.15, 0.2) is 48.8 Å². The molecular weight excluding hydrogens is 366 g/mol. The molecule has 2 fully saturated rings. The molecule has 2 amide bonds. The Morgan fingerprint density at radius 1 is 1.14 bits per heavy atom. The van der Waals surface area contributed by atoms with E-state index in [1.807, 2.05) is 48.2 Å². The molecule has 1 aliphatic heterocycles. The predicted octanol–water partition coefficient (Wildman–Crippen LogP) is 2.43. The van der Waals surface area contributed by atoms with Gasteiger partial charge >= 0.3 is 0 Å². The largest absolute Gasteiger partial charge is 0.361 e. The van der Waals surface area contributed by atoms with Gasteiger partial charge in [0.2, 0.25) is 5.91 Å². The number of morpholine rings is 1. The molecule has 0 bridgehead atoms. The van der Waals surface area contributed by atoms with Gasteiger partial charge in [0.1, 0.15) is 0 Å². The van der Waals surface area contributed by atoms with Crippen molar-refractivity contribution in [1.82, 2.24) is 15.2 Å². The van der Waals surface area contributed by atoms with Crippen molar-refractivity contribution in [3.8, 4) is 11.1 Å². The smallest absolute Gasteiger partial charge is 0.254 e. The topological polar surface area (TPSA) is 71.5 Å². The van der Waals surface area contributed by atoms with Gasteiger partial charge < -0.3 is 15.0 Å². The number of benzene rings is 1. The fraction of sp³-hybridized carbons (Fsp3) is 0.435. The van der Waals surface area contributed by atoms with Crippen LogP contribution < -0.4 is 5.32 Å². The Morgan fingerprint density at radius 3 is 2.48 bits per heavy atom. The third-order valence-electron chi connectivity index (χ3n) is 5.63. The minimum absolute atomic E-state index is 0.139. The Morgan fingerprint density at radius 2 is 1.83 bits per heavy atom. The number of aromatic nitrogens is 1. The van der Waals surface area contributed by atoms with Crippen LogP contribution in [0.5, 0.6) is 0 Å². The lowest BCUT2D eigenvalue weighted by Crippen LogP contribution is -2.62. The molecule has 0 unspecified atom stereocenters. The average molecular weight is 393 g/mol. The van der Waals surface area contributed by atoms with E-state index in [1.54, 1.807) is 12.4 Å². The van der Waals surface area contributed by atoms with Gasteiger partial charge in [0.25, 0.3) is 5.91 Å². The summed E-state index contributed by atoms with van der Waals surface area (Å²) >= 11 is 0. The third-order valence-corrected chi connectivity index (χ3v) is 5.63. The van der Waals surface area contributed by atoms with Crippen molar-refractivity contribution < 1.29 is 14.3 Å². The average Bonchev–Trinajstić information content (AvgIpc) is 3.60. The van der Waals surface area contributed by atoms with Crippen molar-refractivity contribution in [1.29, 1.82) is 0 Å². The molecule has 2 aromatic rings. The summed E-state index contributed by atoms with van der Waals surface area (Å²) in [5.41, 5.74) is 2.16. The van der Waals surface area contributed by atoms with Crippen LogP contribution in [0, 0.1) is 5.92 Å². The summed E-state index contributed by atoms with van der Waals surface area (Å²) in [6.45, 7) is 3.66. The van der Waals surface area contributed by atoms with E-state index in [4.69, 9.17) is 4.74 Å². The third kappa shape index (κ3) is 4.32. The van der Waals surface area contributed by atoms with Gasteiger partial charge in [0, 0.05) is 37.8 Å². The van der Waals surface area contributed by atoms with Crippen molar-refractivity contribution >= 4 is 11.8 Å². The molecule has 1 aliphatic carbocycles. The van der Waals surface area contributed by atoms with Crippen LogP contribution >= 0.6 is 0 Å². The first-order valence-electron chi connectivity index (χ1n) is 10.3. The Kier molecular flexibility index (Phi) is 5.62. The molecule has 0 spiro atoms. The molecular formula is C23H27N3O3. The van der Waals surface area contributed by atoms with E-state index in [2.05, 4.69) is 10.3 Å². The van der Waals surface area contributed by atoms with E-state index in [1.165, 1.54) is 0 Å². The molecule has 1 aromatic carbocycles. The maximum atomic E-state index is 13.0. The van der Waals surface area contributed by atoms with Crippen LogP contribution in [0.4, 0.5) is 0 Å². The SMILES string of the molecule is CCNC(=O)[C@@]1(Cc2ccc(-c3ccncc3)cc2)CN(C(=O)C2CC2)CCO1. The number of carbonyl (C=O) groups is 2. The molecule has 4 rings (SSSR count). The van der Waals surface area contributed by atoms with E-state index in [-0.39, 0.29) is 17.7 Å². The molecule has 1 atom stereocenters. The van der Waals surface area contributed by atoms with Gasteiger partial charge in [0.15, 0.2) is 5.60 Å². The number of ether oxygens (including phenoxy) is 1. The van der Waals surface area contributed by atoms with Crippen LogP contribution in [-0.4, -0.2) is 53.5 Å². The van der Waals surface area contributed by atoms with Gasteiger partial charge in [-0.05, 0) is 48.6 Å². The molecule has 2 aliphatic rings. The summed E-state index contributed by atoms with van der Waals surface area (Å²) in [6, 6.07) is 12.1. The molecule has 1 aromatic heterocycles. The van der Waals surface area contributed by atoms with Crippen LogP contribution in [0.25, 0.3) is 11.1 Å². The summed E-state index contributed by atoms with van der Waals surface area (Å²) in [4.78, 5) is 31.5.